The van der Waals surface area contributed by atoms with Crippen LogP contribution in [0.2, 0.25) is 0 Å². The molecule has 3 rings (SSSR count). The van der Waals surface area contributed by atoms with Crippen LogP contribution in [0.15, 0.2) is 47.5 Å². The zero-order valence-corrected chi connectivity index (χ0v) is 12.7. The molecule has 0 atom stereocenters. The van der Waals surface area contributed by atoms with Gasteiger partial charge in [-0.2, -0.15) is 18.3 Å². The fourth-order valence-corrected chi connectivity index (χ4v) is 3.01. The van der Waals surface area contributed by atoms with Gasteiger partial charge in [-0.15, -0.1) is 0 Å². The molecule has 0 saturated carbocycles. The van der Waals surface area contributed by atoms with Crippen LogP contribution in [0.25, 0.3) is 22.0 Å². The van der Waals surface area contributed by atoms with Crippen molar-refractivity contribution in [2.75, 3.05) is 6.26 Å². The van der Waals surface area contributed by atoms with Gasteiger partial charge in [0.2, 0.25) is 0 Å². The lowest BCUT2D eigenvalue weighted by Crippen LogP contribution is -2.05. The van der Waals surface area contributed by atoms with Gasteiger partial charge in [0.15, 0.2) is 9.84 Å². The molecule has 0 saturated heterocycles. The van der Waals surface area contributed by atoms with Crippen LogP contribution >= 0.6 is 0 Å². The quantitative estimate of drug-likeness (QED) is 0.774. The average molecular weight is 340 g/mol. The largest absolute Gasteiger partial charge is 0.416 e. The molecule has 23 heavy (non-hydrogen) atoms. The van der Waals surface area contributed by atoms with E-state index in [-0.39, 0.29) is 16.0 Å². The van der Waals surface area contributed by atoms with Crippen LogP contribution in [0.3, 0.4) is 0 Å². The summed E-state index contributed by atoms with van der Waals surface area (Å²) < 4.78 is 62.5. The maximum absolute atomic E-state index is 13.1. The maximum atomic E-state index is 13.1. The molecule has 0 aliphatic carbocycles. The first-order chi connectivity index (χ1) is 10.7. The van der Waals surface area contributed by atoms with Crippen molar-refractivity contribution in [1.29, 1.82) is 0 Å². The highest BCUT2D eigenvalue weighted by Gasteiger charge is 2.31. The molecule has 1 heterocycles. The normalized spacial score (nSPS) is 12.7. The number of H-pyrrole nitrogens is 1. The number of nitrogens with one attached hydrogen (secondary N) is 1. The lowest BCUT2D eigenvalue weighted by atomic mass is 9.99. The van der Waals surface area contributed by atoms with Gasteiger partial charge in [0.1, 0.15) is 0 Å². The molecule has 0 fully saturated rings. The van der Waals surface area contributed by atoms with Crippen molar-refractivity contribution in [3.8, 4) is 11.1 Å². The molecule has 8 heteroatoms. The van der Waals surface area contributed by atoms with Gasteiger partial charge in [0.05, 0.1) is 22.2 Å². The highest BCUT2D eigenvalue weighted by Crippen LogP contribution is 2.37. The Morgan fingerprint density at radius 1 is 1.13 bits per heavy atom. The number of sulfone groups is 1. The lowest BCUT2D eigenvalue weighted by Gasteiger charge is -2.11. The third-order valence-electron chi connectivity index (χ3n) is 3.46. The van der Waals surface area contributed by atoms with Gasteiger partial charge >= 0.3 is 6.18 Å². The Morgan fingerprint density at radius 2 is 1.87 bits per heavy atom. The number of rotatable bonds is 2. The molecular weight excluding hydrogens is 329 g/mol. The van der Waals surface area contributed by atoms with E-state index in [2.05, 4.69) is 10.2 Å². The third kappa shape index (κ3) is 2.94. The first kappa shape index (κ1) is 15.5. The summed E-state index contributed by atoms with van der Waals surface area (Å²) >= 11 is 0. The number of nitrogens with zero attached hydrogens (tertiary/aromatic N) is 1. The number of alkyl halides is 3. The first-order valence-electron chi connectivity index (χ1n) is 6.51. The number of aromatic nitrogens is 2. The van der Waals surface area contributed by atoms with Crippen molar-refractivity contribution >= 4 is 20.7 Å². The summed E-state index contributed by atoms with van der Waals surface area (Å²) in [5.41, 5.74) is 0.0630. The van der Waals surface area contributed by atoms with E-state index in [1.165, 1.54) is 24.4 Å². The summed E-state index contributed by atoms with van der Waals surface area (Å²) in [6, 6.07) is 7.80. The average Bonchev–Trinajstić information content (AvgIpc) is 2.93. The van der Waals surface area contributed by atoms with Gasteiger partial charge in [-0.05, 0) is 35.4 Å². The minimum absolute atomic E-state index is 0.0454. The molecule has 0 spiro atoms. The molecule has 0 amide bonds. The fourth-order valence-electron chi connectivity index (χ4n) is 2.35. The van der Waals surface area contributed by atoms with Crippen LogP contribution in [-0.2, 0) is 16.0 Å². The second-order valence-corrected chi connectivity index (χ2v) is 7.17. The van der Waals surface area contributed by atoms with Gasteiger partial charge in [-0.3, -0.25) is 5.10 Å². The van der Waals surface area contributed by atoms with Gasteiger partial charge in [0, 0.05) is 11.6 Å². The molecule has 3 aromatic rings. The molecule has 0 radical (unpaired) electrons. The summed E-state index contributed by atoms with van der Waals surface area (Å²) in [6.07, 6.45) is -2.05. The molecule has 0 bridgehead atoms. The number of hydrogen-bond acceptors (Lipinski definition) is 3. The van der Waals surface area contributed by atoms with Crippen LogP contribution in [0.5, 0.6) is 0 Å². The van der Waals surface area contributed by atoms with Gasteiger partial charge in [0.25, 0.3) is 0 Å². The van der Waals surface area contributed by atoms with Crippen molar-refractivity contribution in [2.45, 2.75) is 11.1 Å². The molecule has 4 nitrogen and oxygen atoms in total. The summed E-state index contributed by atoms with van der Waals surface area (Å²) in [7, 11) is -3.46. The second-order valence-electron chi connectivity index (χ2n) is 5.15. The van der Waals surface area contributed by atoms with E-state index in [1.807, 2.05) is 0 Å². The Labute approximate surface area is 129 Å². The van der Waals surface area contributed by atoms with Crippen LogP contribution in [0.1, 0.15) is 5.56 Å². The highest BCUT2D eigenvalue weighted by molar-refractivity contribution is 7.90. The van der Waals surface area contributed by atoms with Gasteiger partial charge in [-0.1, -0.05) is 12.1 Å². The number of hydrogen-bond donors (Lipinski definition) is 1. The van der Waals surface area contributed by atoms with Crippen LogP contribution in [0.4, 0.5) is 13.2 Å². The third-order valence-corrected chi connectivity index (χ3v) is 4.57. The standard InChI is InChI=1S/C15H11F3N2O2S/c1-23(21,22)11-4-2-3-9(5-11)12-6-10(15(16,17)18)7-14-13(12)8-19-20-14/h2-8H,1H3,(H,19,20). The van der Waals surface area contributed by atoms with E-state index in [9.17, 15) is 21.6 Å². The SMILES string of the molecule is CS(=O)(=O)c1cccc(-c2cc(C(F)(F)F)cc3[nH]ncc23)c1. The fraction of sp³-hybridized carbons (Fsp3) is 0.133. The van der Waals surface area contributed by atoms with Crippen LogP contribution < -0.4 is 0 Å². The predicted octanol–water partition coefficient (Wildman–Crippen LogP) is 3.65. The molecule has 120 valence electrons. The van der Waals surface area contributed by atoms with E-state index in [0.29, 0.717) is 10.9 Å². The highest BCUT2D eigenvalue weighted by atomic mass is 32.2. The van der Waals surface area contributed by atoms with Crippen LogP contribution in [0, 0.1) is 0 Å². The molecule has 1 aromatic heterocycles. The van der Waals surface area contributed by atoms with Crippen molar-refractivity contribution in [1.82, 2.24) is 10.2 Å². The van der Waals surface area contributed by atoms with E-state index in [4.69, 9.17) is 0 Å². The van der Waals surface area contributed by atoms with Gasteiger partial charge < -0.3 is 0 Å². The van der Waals surface area contributed by atoms with E-state index < -0.39 is 21.6 Å². The molecule has 0 unspecified atom stereocenters. The summed E-state index contributed by atoms with van der Waals surface area (Å²) in [5.74, 6) is 0. The minimum atomic E-state index is -4.51. The van der Waals surface area contributed by atoms with Crippen molar-refractivity contribution in [2.24, 2.45) is 0 Å². The Balaban J connectivity index is 2.29. The minimum Gasteiger partial charge on any atom is -0.278 e. The molecule has 1 N–H and O–H groups in total. The Morgan fingerprint density at radius 3 is 2.52 bits per heavy atom. The topological polar surface area (TPSA) is 62.8 Å². The second kappa shape index (κ2) is 5.09. The Kier molecular flexibility index (Phi) is 3.44. The zero-order valence-electron chi connectivity index (χ0n) is 11.8. The number of benzene rings is 2. The maximum Gasteiger partial charge on any atom is 0.416 e. The zero-order chi connectivity index (χ0) is 16.8. The lowest BCUT2D eigenvalue weighted by molar-refractivity contribution is -0.137. The molecule has 0 aliphatic rings. The number of halogens is 3. The number of aromatic amines is 1. The number of fused-ring (bicyclic) bond motifs is 1. The Hall–Kier alpha value is -2.35. The predicted molar refractivity (Wildman–Crippen MR) is 79.6 cm³/mol. The van der Waals surface area contributed by atoms with Crippen LogP contribution in [-0.4, -0.2) is 24.9 Å². The van der Waals surface area contributed by atoms with Crippen molar-refractivity contribution in [3.63, 3.8) is 0 Å². The van der Waals surface area contributed by atoms with Crippen molar-refractivity contribution in [3.05, 3.63) is 48.2 Å². The summed E-state index contributed by atoms with van der Waals surface area (Å²) in [6.45, 7) is 0. The Bertz CT molecular complexity index is 991. The molecular formula is C15H11F3N2O2S. The van der Waals surface area contributed by atoms with E-state index in [0.717, 1.165) is 18.4 Å². The van der Waals surface area contributed by atoms with E-state index >= 15 is 0 Å². The van der Waals surface area contributed by atoms with E-state index in [1.54, 1.807) is 6.07 Å². The summed E-state index contributed by atoms with van der Waals surface area (Å²) in [5, 5.41) is 6.78. The van der Waals surface area contributed by atoms with Crippen molar-refractivity contribution < 1.29 is 21.6 Å². The first-order valence-corrected chi connectivity index (χ1v) is 8.40. The smallest absolute Gasteiger partial charge is 0.278 e. The monoisotopic (exact) mass is 340 g/mol. The summed E-state index contributed by atoms with van der Waals surface area (Å²) in [4.78, 5) is 0.0454. The molecule has 0 aliphatic heterocycles. The molecule has 2 aromatic carbocycles. The van der Waals surface area contributed by atoms with Gasteiger partial charge in [-0.25, -0.2) is 8.42 Å².